The monoisotopic (exact) mass is 344 g/mol. The van der Waals surface area contributed by atoms with E-state index in [0.717, 1.165) is 37.6 Å². The van der Waals surface area contributed by atoms with Crippen LogP contribution in [0.15, 0.2) is 30.0 Å². The van der Waals surface area contributed by atoms with Gasteiger partial charge in [-0.3, -0.25) is 9.69 Å². The molecule has 1 aliphatic rings. The van der Waals surface area contributed by atoms with Crippen molar-refractivity contribution < 1.29 is 4.79 Å². The molecule has 3 aromatic heterocycles. The van der Waals surface area contributed by atoms with Crippen molar-refractivity contribution in [2.24, 2.45) is 0 Å². The zero-order valence-corrected chi connectivity index (χ0v) is 13.7. The lowest BCUT2D eigenvalue weighted by molar-refractivity contribution is -0.117. The fraction of sp³-hybridized carbons (Fsp3) is 0.357. The van der Waals surface area contributed by atoms with Gasteiger partial charge in [0.1, 0.15) is 12.1 Å². The van der Waals surface area contributed by atoms with Crippen LogP contribution in [0.3, 0.4) is 0 Å². The number of carbonyl (C=O) groups is 1. The lowest BCUT2D eigenvalue weighted by atomic mass is 10.3. The molecule has 0 spiro atoms. The molecule has 0 atom stereocenters. The lowest BCUT2D eigenvalue weighted by Crippen LogP contribution is -2.49. The van der Waals surface area contributed by atoms with Crippen LogP contribution in [0.2, 0.25) is 0 Å². The Morgan fingerprint density at radius 1 is 1.25 bits per heavy atom. The topological polar surface area (TPSA) is 91.6 Å². The molecule has 9 nitrogen and oxygen atoms in total. The maximum atomic E-state index is 12.0. The molecule has 24 heavy (non-hydrogen) atoms. The average molecular weight is 344 g/mol. The summed E-state index contributed by atoms with van der Waals surface area (Å²) in [6.45, 7) is 3.65. The van der Waals surface area contributed by atoms with Gasteiger partial charge in [-0.25, -0.2) is 4.98 Å². The summed E-state index contributed by atoms with van der Waals surface area (Å²) in [5, 5.41) is 17.6. The number of hydrogen-bond donors (Lipinski definition) is 1. The van der Waals surface area contributed by atoms with E-state index < -0.39 is 0 Å². The number of anilines is 2. The third kappa shape index (κ3) is 3.19. The van der Waals surface area contributed by atoms with E-state index in [4.69, 9.17) is 0 Å². The quantitative estimate of drug-likeness (QED) is 0.730. The molecule has 4 heterocycles. The van der Waals surface area contributed by atoms with Crippen LogP contribution >= 0.6 is 11.3 Å². The summed E-state index contributed by atoms with van der Waals surface area (Å²) in [4.78, 5) is 20.4. The first-order valence-electron chi connectivity index (χ1n) is 7.62. The van der Waals surface area contributed by atoms with E-state index in [1.165, 1.54) is 11.3 Å². The number of carbonyl (C=O) groups excluding carboxylic acids is 1. The van der Waals surface area contributed by atoms with E-state index in [9.17, 15) is 4.79 Å². The van der Waals surface area contributed by atoms with Gasteiger partial charge in [0, 0.05) is 37.8 Å². The van der Waals surface area contributed by atoms with Crippen LogP contribution in [0.4, 0.5) is 10.9 Å². The highest BCUT2D eigenvalue weighted by atomic mass is 32.1. The fourth-order valence-corrected chi connectivity index (χ4v) is 3.21. The van der Waals surface area contributed by atoms with E-state index in [-0.39, 0.29) is 5.91 Å². The average Bonchev–Trinajstić information content (AvgIpc) is 3.26. The molecule has 0 saturated carbocycles. The molecule has 0 unspecified atom stereocenters. The summed E-state index contributed by atoms with van der Waals surface area (Å²) >= 11 is 1.42. The molecule has 1 fully saturated rings. The van der Waals surface area contributed by atoms with Crippen LogP contribution < -0.4 is 10.2 Å². The number of hydrogen-bond acceptors (Lipinski definition) is 8. The van der Waals surface area contributed by atoms with Crippen LogP contribution in [-0.4, -0.2) is 68.3 Å². The predicted molar refractivity (Wildman–Crippen MR) is 90.2 cm³/mol. The Morgan fingerprint density at radius 2 is 2.12 bits per heavy atom. The Balaban J connectivity index is 1.32. The van der Waals surface area contributed by atoms with Crippen molar-refractivity contribution in [2.75, 3.05) is 42.9 Å². The molecule has 0 aromatic carbocycles. The summed E-state index contributed by atoms with van der Waals surface area (Å²) in [6.07, 6.45) is 3.27. The number of nitrogens with one attached hydrogen (secondary N) is 1. The zero-order valence-electron chi connectivity index (χ0n) is 12.9. The molecule has 0 bridgehead atoms. The molecule has 1 saturated heterocycles. The minimum absolute atomic E-state index is 0.0255. The number of aromatic nitrogens is 5. The van der Waals surface area contributed by atoms with Crippen LogP contribution in [0.1, 0.15) is 0 Å². The molecular formula is C14H16N8OS. The van der Waals surface area contributed by atoms with Gasteiger partial charge >= 0.3 is 0 Å². The smallest absolute Gasteiger partial charge is 0.240 e. The van der Waals surface area contributed by atoms with Crippen LogP contribution in [0.5, 0.6) is 0 Å². The second-order valence-electron chi connectivity index (χ2n) is 5.47. The lowest BCUT2D eigenvalue weighted by Gasteiger charge is -2.34. The van der Waals surface area contributed by atoms with Crippen molar-refractivity contribution in [1.29, 1.82) is 0 Å². The molecular weight excluding hydrogens is 328 g/mol. The highest BCUT2D eigenvalue weighted by Gasteiger charge is 2.20. The first kappa shape index (κ1) is 15.0. The van der Waals surface area contributed by atoms with E-state index in [0.29, 0.717) is 11.7 Å². The summed E-state index contributed by atoms with van der Waals surface area (Å²) in [5.74, 6) is 0.872. The van der Waals surface area contributed by atoms with Crippen LogP contribution in [0, 0.1) is 0 Å². The van der Waals surface area contributed by atoms with Gasteiger partial charge in [-0.15, -0.1) is 26.6 Å². The van der Waals surface area contributed by atoms with E-state index in [2.05, 4.69) is 35.4 Å². The summed E-state index contributed by atoms with van der Waals surface area (Å²) < 4.78 is 1.67. The Bertz CT molecular complexity index is 824. The van der Waals surface area contributed by atoms with Gasteiger partial charge in [0.05, 0.1) is 6.54 Å². The van der Waals surface area contributed by atoms with Crippen LogP contribution in [-0.2, 0) is 4.79 Å². The molecule has 1 amide bonds. The molecule has 4 rings (SSSR count). The highest BCUT2D eigenvalue weighted by Crippen LogP contribution is 2.14. The standard InChI is InChI=1S/C14H16N8OS/c23-13(17-14-15-3-8-24-14)9-20-4-6-21(7-5-20)12-2-1-11-18-16-10-22(11)19-12/h1-3,8,10H,4-7,9H2,(H,15,17,23). The Hall–Kier alpha value is -2.59. The van der Waals surface area contributed by atoms with Crippen LogP contribution in [0.25, 0.3) is 5.65 Å². The van der Waals surface area contributed by atoms with Gasteiger partial charge in [0.25, 0.3) is 0 Å². The second-order valence-corrected chi connectivity index (χ2v) is 6.37. The minimum atomic E-state index is -0.0255. The summed E-state index contributed by atoms with van der Waals surface area (Å²) in [7, 11) is 0. The van der Waals surface area contributed by atoms with Gasteiger partial charge in [-0.1, -0.05) is 0 Å². The van der Waals surface area contributed by atoms with E-state index >= 15 is 0 Å². The highest BCUT2D eigenvalue weighted by molar-refractivity contribution is 7.13. The van der Waals surface area contributed by atoms with Gasteiger partial charge in [-0.05, 0) is 12.1 Å². The van der Waals surface area contributed by atoms with Gasteiger partial charge in [0.2, 0.25) is 5.91 Å². The number of nitrogens with zero attached hydrogens (tertiary/aromatic N) is 7. The largest absolute Gasteiger partial charge is 0.353 e. The van der Waals surface area contributed by atoms with Crippen molar-refractivity contribution in [3.05, 3.63) is 30.0 Å². The van der Waals surface area contributed by atoms with Crippen molar-refractivity contribution in [3.8, 4) is 0 Å². The molecule has 1 N–H and O–H groups in total. The number of amides is 1. The van der Waals surface area contributed by atoms with Gasteiger partial charge < -0.3 is 10.2 Å². The van der Waals surface area contributed by atoms with Gasteiger partial charge in [-0.2, -0.15) is 4.52 Å². The molecule has 124 valence electrons. The molecule has 1 aliphatic heterocycles. The number of rotatable bonds is 4. The third-order valence-corrected chi connectivity index (χ3v) is 4.58. The normalized spacial score (nSPS) is 15.8. The number of piperazine rings is 1. The van der Waals surface area contributed by atoms with E-state index in [1.54, 1.807) is 17.0 Å². The SMILES string of the molecule is O=C(CN1CCN(c2ccc3nncn3n2)CC1)Nc1nccs1. The van der Waals surface area contributed by atoms with Crippen molar-refractivity contribution in [2.45, 2.75) is 0 Å². The Kier molecular flexibility index (Phi) is 4.05. The maximum Gasteiger partial charge on any atom is 0.240 e. The van der Waals surface area contributed by atoms with Crippen molar-refractivity contribution >= 4 is 33.8 Å². The maximum absolute atomic E-state index is 12.0. The first-order chi connectivity index (χ1) is 11.8. The van der Waals surface area contributed by atoms with Crippen molar-refractivity contribution in [3.63, 3.8) is 0 Å². The zero-order chi connectivity index (χ0) is 16.4. The third-order valence-electron chi connectivity index (χ3n) is 3.89. The summed E-state index contributed by atoms with van der Waals surface area (Å²) in [6, 6.07) is 3.86. The molecule has 0 radical (unpaired) electrons. The second kappa shape index (κ2) is 6.49. The molecule has 3 aromatic rings. The summed E-state index contributed by atoms with van der Waals surface area (Å²) in [5.41, 5.74) is 0.733. The minimum Gasteiger partial charge on any atom is -0.353 e. The fourth-order valence-electron chi connectivity index (χ4n) is 2.67. The molecule has 0 aliphatic carbocycles. The number of fused-ring (bicyclic) bond motifs is 1. The molecule has 10 heteroatoms. The van der Waals surface area contributed by atoms with E-state index in [1.807, 2.05) is 17.5 Å². The van der Waals surface area contributed by atoms with Crippen molar-refractivity contribution in [1.82, 2.24) is 29.7 Å². The first-order valence-corrected chi connectivity index (χ1v) is 8.49. The van der Waals surface area contributed by atoms with Gasteiger partial charge in [0.15, 0.2) is 10.8 Å². The predicted octanol–water partition coefficient (Wildman–Crippen LogP) is 0.341. The Labute approximate surface area is 141 Å². The Morgan fingerprint density at radius 3 is 2.92 bits per heavy atom. The number of thiazole rings is 1.